The predicted molar refractivity (Wildman–Crippen MR) is 141 cm³/mol. The smallest absolute Gasteiger partial charge is 0.407 e. The zero-order chi connectivity index (χ0) is 29.5. The number of carboxylic acids is 1. The van der Waals surface area contributed by atoms with Crippen LogP contribution < -0.4 is 15.4 Å². The van der Waals surface area contributed by atoms with E-state index in [2.05, 4.69) is 10.6 Å². The van der Waals surface area contributed by atoms with Gasteiger partial charge in [-0.15, -0.1) is 0 Å². The Morgan fingerprint density at radius 2 is 1.70 bits per heavy atom. The zero-order valence-electron chi connectivity index (χ0n) is 22.3. The molecule has 0 spiro atoms. The molecular weight excluding hydrogens is 526 g/mol. The highest BCUT2D eigenvalue weighted by atomic mass is 16.5. The number of hydrogen-bond donors (Lipinski definition) is 4. The number of ether oxygens (including phenoxy) is 3. The number of nitrogens with one attached hydrogen (secondary N) is 2. The third-order valence-corrected chi connectivity index (χ3v) is 5.60. The second kappa shape index (κ2) is 16.2. The van der Waals surface area contributed by atoms with Gasteiger partial charge in [0.1, 0.15) is 25.7 Å². The first-order chi connectivity index (χ1) is 19.1. The van der Waals surface area contributed by atoms with Crippen LogP contribution in [0.25, 0.3) is 0 Å². The number of aliphatic carboxylic acids is 1. The highest BCUT2D eigenvalue weighted by Crippen LogP contribution is 2.26. The first-order valence-electron chi connectivity index (χ1n) is 12.3. The second-order valence-electron chi connectivity index (χ2n) is 8.57. The third-order valence-electron chi connectivity index (χ3n) is 5.60. The van der Waals surface area contributed by atoms with Gasteiger partial charge in [-0.1, -0.05) is 30.3 Å². The van der Waals surface area contributed by atoms with Crippen molar-refractivity contribution < 1.29 is 48.4 Å². The van der Waals surface area contributed by atoms with Gasteiger partial charge in [0.2, 0.25) is 5.91 Å². The Balaban J connectivity index is 1.87. The van der Waals surface area contributed by atoms with Crippen LogP contribution in [0.15, 0.2) is 48.5 Å². The Kier molecular flexibility index (Phi) is 12.7. The molecule has 0 bridgehead atoms. The standard InChI is InChI=1S/C27H33N3O10/c1-38-22-12-11-19(14-21(22)31)25(35)30(16-24(33)34)15-23(32)29-20(26(36)39-2)10-6-7-13-28-27(37)40-17-18-8-4-3-5-9-18/h3-5,8-9,11-12,14,20,31H,6-7,10,13,15-17H2,1-2H3,(H,28,37)(H,29,32)(H,33,34)/t20-/m0/s1. The molecule has 40 heavy (non-hydrogen) atoms. The van der Waals surface area contributed by atoms with Crippen LogP contribution in [0.3, 0.4) is 0 Å². The molecule has 4 N–H and O–H groups in total. The van der Waals surface area contributed by atoms with Gasteiger partial charge in [0.15, 0.2) is 11.5 Å². The van der Waals surface area contributed by atoms with Crippen molar-refractivity contribution in [2.75, 3.05) is 33.9 Å². The summed E-state index contributed by atoms with van der Waals surface area (Å²) in [6.07, 6.45) is 0.462. The zero-order valence-corrected chi connectivity index (χ0v) is 22.3. The van der Waals surface area contributed by atoms with E-state index < -0.39 is 49.0 Å². The van der Waals surface area contributed by atoms with Gasteiger partial charge in [-0.25, -0.2) is 9.59 Å². The number of aromatic hydroxyl groups is 1. The van der Waals surface area contributed by atoms with Crippen LogP contribution in [0.1, 0.15) is 35.2 Å². The summed E-state index contributed by atoms with van der Waals surface area (Å²) in [7, 11) is 2.48. The van der Waals surface area contributed by atoms with Crippen LogP contribution in [-0.2, 0) is 30.5 Å². The van der Waals surface area contributed by atoms with Crippen molar-refractivity contribution in [1.29, 1.82) is 0 Å². The predicted octanol–water partition coefficient (Wildman–Crippen LogP) is 1.68. The maximum atomic E-state index is 12.9. The number of unbranched alkanes of at least 4 members (excludes halogenated alkanes) is 1. The Bertz CT molecular complexity index is 1170. The Labute approximate surface area is 231 Å². The van der Waals surface area contributed by atoms with Gasteiger partial charge in [0.05, 0.1) is 14.2 Å². The van der Waals surface area contributed by atoms with Crippen LogP contribution in [0.5, 0.6) is 11.5 Å². The number of benzene rings is 2. The molecule has 2 aromatic carbocycles. The van der Waals surface area contributed by atoms with Crippen LogP contribution in [0.2, 0.25) is 0 Å². The van der Waals surface area contributed by atoms with Gasteiger partial charge in [-0.2, -0.15) is 0 Å². The van der Waals surface area contributed by atoms with E-state index in [4.69, 9.17) is 14.2 Å². The summed E-state index contributed by atoms with van der Waals surface area (Å²) in [4.78, 5) is 61.7. The fourth-order valence-corrected chi connectivity index (χ4v) is 3.61. The summed E-state index contributed by atoms with van der Waals surface area (Å²) in [5, 5.41) is 24.2. The number of esters is 1. The number of rotatable bonds is 15. The van der Waals surface area contributed by atoms with Gasteiger partial charge in [0, 0.05) is 12.1 Å². The number of alkyl carbamates (subject to hydrolysis) is 1. The van der Waals surface area contributed by atoms with E-state index in [-0.39, 0.29) is 36.6 Å². The maximum Gasteiger partial charge on any atom is 0.407 e. The third kappa shape index (κ3) is 10.5. The summed E-state index contributed by atoms with van der Waals surface area (Å²) in [6.45, 7) is -1.07. The highest BCUT2D eigenvalue weighted by molar-refractivity contribution is 5.99. The average molecular weight is 560 g/mol. The normalized spacial score (nSPS) is 11.1. The SMILES string of the molecule is COC(=O)[C@H](CCCCNC(=O)OCc1ccccc1)NC(=O)CN(CC(=O)O)C(=O)c1ccc(OC)c(O)c1. The average Bonchev–Trinajstić information content (AvgIpc) is 2.94. The van der Waals surface area contributed by atoms with Crippen molar-refractivity contribution in [3.8, 4) is 11.5 Å². The molecular formula is C27H33N3O10. The molecule has 0 fully saturated rings. The molecule has 0 saturated heterocycles. The Morgan fingerprint density at radius 3 is 2.33 bits per heavy atom. The second-order valence-corrected chi connectivity index (χ2v) is 8.57. The lowest BCUT2D eigenvalue weighted by atomic mass is 10.1. The number of carboxylic acid groups (broad SMARTS) is 1. The lowest BCUT2D eigenvalue weighted by Crippen LogP contribution is -2.48. The molecule has 3 amide bonds. The lowest BCUT2D eigenvalue weighted by Gasteiger charge is -2.22. The maximum absolute atomic E-state index is 12.9. The molecule has 0 heterocycles. The number of methoxy groups -OCH3 is 2. The van der Waals surface area contributed by atoms with E-state index in [0.29, 0.717) is 12.8 Å². The first kappa shape index (κ1) is 31.4. The number of hydrogen-bond acceptors (Lipinski definition) is 9. The van der Waals surface area contributed by atoms with Gasteiger partial charge in [-0.3, -0.25) is 14.4 Å². The molecule has 0 unspecified atom stereocenters. The first-order valence-corrected chi connectivity index (χ1v) is 12.3. The number of nitrogens with zero attached hydrogens (tertiary/aromatic N) is 1. The van der Waals surface area contributed by atoms with Gasteiger partial charge < -0.3 is 40.0 Å². The van der Waals surface area contributed by atoms with Crippen molar-refractivity contribution in [2.24, 2.45) is 0 Å². The van der Waals surface area contributed by atoms with Crippen molar-refractivity contribution in [3.05, 3.63) is 59.7 Å². The molecule has 13 heteroatoms. The summed E-state index contributed by atoms with van der Waals surface area (Å²) >= 11 is 0. The minimum atomic E-state index is -1.36. The summed E-state index contributed by atoms with van der Waals surface area (Å²) in [5.74, 6) is -3.92. The van der Waals surface area contributed by atoms with Crippen molar-refractivity contribution in [3.63, 3.8) is 0 Å². The summed E-state index contributed by atoms with van der Waals surface area (Å²) in [5.41, 5.74) is 0.784. The van der Waals surface area contributed by atoms with Crippen molar-refractivity contribution in [1.82, 2.24) is 15.5 Å². The van der Waals surface area contributed by atoms with Gasteiger partial charge in [-0.05, 0) is 43.0 Å². The van der Waals surface area contributed by atoms with Gasteiger partial charge in [0.25, 0.3) is 5.91 Å². The van der Waals surface area contributed by atoms with E-state index in [1.807, 2.05) is 30.3 Å². The molecule has 0 aromatic heterocycles. The van der Waals surface area contributed by atoms with E-state index in [9.17, 15) is 34.2 Å². The molecule has 2 rings (SSSR count). The monoisotopic (exact) mass is 559 g/mol. The molecule has 216 valence electrons. The summed E-state index contributed by atoms with van der Waals surface area (Å²) in [6, 6.07) is 11.9. The molecule has 0 saturated carbocycles. The Hall–Kier alpha value is -4.81. The highest BCUT2D eigenvalue weighted by Gasteiger charge is 2.26. The minimum absolute atomic E-state index is 0.0633. The molecule has 0 aliphatic heterocycles. The molecule has 0 radical (unpaired) electrons. The number of amides is 3. The van der Waals surface area contributed by atoms with Crippen LogP contribution in [0.4, 0.5) is 4.79 Å². The Morgan fingerprint density at radius 1 is 0.975 bits per heavy atom. The number of carbonyl (C=O) groups excluding carboxylic acids is 4. The van der Waals surface area contributed by atoms with Crippen LogP contribution in [-0.4, -0.2) is 84.9 Å². The number of carbonyl (C=O) groups is 5. The lowest BCUT2D eigenvalue weighted by molar-refractivity contribution is -0.145. The number of phenols is 1. The van der Waals surface area contributed by atoms with E-state index in [1.54, 1.807) is 0 Å². The van der Waals surface area contributed by atoms with Gasteiger partial charge >= 0.3 is 18.0 Å². The minimum Gasteiger partial charge on any atom is -0.504 e. The molecule has 2 aromatic rings. The largest absolute Gasteiger partial charge is 0.504 e. The molecule has 1 atom stereocenters. The topological polar surface area (TPSA) is 181 Å². The fraction of sp³-hybridized carbons (Fsp3) is 0.370. The molecule has 0 aliphatic carbocycles. The van der Waals surface area contributed by atoms with Crippen LogP contribution >= 0.6 is 0 Å². The molecule has 13 nitrogen and oxygen atoms in total. The number of phenolic OH excluding ortho intramolecular Hbond substituents is 1. The summed E-state index contributed by atoms with van der Waals surface area (Å²) < 4.78 is 14.8. The van der Waals surface area contributed by atoms with E-state index >= 15 is 0 Å². The molecule has 0 aliphatic rings. The van der Waals surface area contributed by atoms with E-state index in [1.165, 1.54) is 19.2 Å². The van der Waals surface area contributed by atoms with Crippen molar-refractivity contribution in [2.45, 2.75) is 31.9 Å². The fourth-order valence-electron chi connectivity index (χ4n) is 3.61. The van der Waals surface area contributed by atoms with E-state index in [0.717, 1.165) is 23.6 Å². The quantitative estimate of drug-likeness (QED) is 0.185. The van der Waals surface area contributed by atoms with Crippen LogP contribution in [0, 0.1) is 0 Å². The van der Waals surface area contributed by atoms with Crippen molar-refractivity contribution >= 4 is 29.8 Å².